The lowest BCUT2D eigenvalue weighted by Crippen LogP contribution is -2.37. The van der Waals surface area contributed by atoms with Crippen LogP contribution in [-0.4, -0.2) is 48.8 Å². The van der Waals surface area contributed by atoms with Gasteiger partial charge in [-0.1, -0.05) is 20.8 Å². The second kappa shape index (κ2) is 6.58. The molecule has 3 nitrogen and oxygen atoms in total. The summed E-state index contributed by atoms with van der Waals surface area (Å²) in [6.07, 6.45) is 3.50. The minimum absolute atomic E-state index is 0.261. The fraction of sp³-hybridized carbons (Fsp3) is 1.00. The summed E-state index contributed by atoms with van der Waals surface area (Å²) in [5.41, 5.74) is 0.492. The van der Waals surface area contributed by atoms with E-state index in [1.54, 1.807) is 0 Å². The fourth-order valence-electron chi connectivity index (χ4n) is 2.36. The first-order valence-corrected chi connectivity index (χ1v) is 6.64. The molecule has 2 N–H and O–H groups in total. The minimum Gasteiger partial charge on any atom is -0.395 e. The van der Waals surface area contributed by atoms with E-state index >= 15 is 0 Å². The van der Waals surface area contributed by atoms with E-state index in [1.165, 1.54) is 19.5 Å². The van der Waals surface area contributed by atoms with E-state index in [0.717, 1.165) is 25.9 Å². The number of hydrogen-bond acceptors (Lipinski definition) is 3. The van der Waals surface area contributed by atoms with Gasteiger partial charge in [0.1, 0.15) is 0 Å². The summed E-state index contributed by atoms with van der Waals surface area (Å²) in [4.78, 5) is 2.52. The highest BCUT2D eigenvalue weighted by Crippen LogP contribution is 2.28. The largest absolute Gasteiger partial charge is 0.395 e. The molecule has 0 aromatic rings. The zero-order chi connectivity index (χ0) is 12.0. The third-order valence-electron chi connectivity index (χ3n) is 3.45. The molecule has 16 heavy (non-hydrogen) atoms. The number of hydrogen-bond donors (Lipinski definition) is 2. The Bertz CT molecular complexity index is 194. The fourth-order valence-corrected chi connectivity index (χ4v) is 2.36. The van der Waals surface area contributed by atoms with E-state index in [1.807, 2.05) is 0 Å². The van der Waals surface area contributed by atoms with Crippen LogP contribution in [0.15, 0.2) is 0 Å². The molecule has 96 valence electrons. The maximum Gasteiger partial charge on any atom is 0.0585 e. The third kappa shape index (κ3) is 4.81. The lowest BCUT2D eigenvalue weighted by atomic mass is 9.93. The Morgan fingerprint density at radius 2 is 2.19 bits per heavy atom. The van der Waals surface area contributed by atoms with E-state index in [2.05, 4.69) is 31.0 Å². The Hall–Kier alpha value is -0.120. The van der Waals surface area contributed by atoms with Gasteiger partial charge in [0, 0.05) is 12.6 Å². The molecule has 1 saturated heterocycles. The van der Waals surface area contributed by atoms with Crippen molar-refractivity contribution in [1.82, 2.24) is 10.2 Å². The lowest BCUT2D eigenvalue weighted by Gasteiger charge is -2.22. The molecule has 1 rings (SSSR count). The Labute approximate surface area is 100 Å². The maximum atomic E-state index is 9.25. The normalized spacial score (nSPS) is 22.5. The second-order valence-corrected chi connectivity index (χ2v) is 5.81. The zero-order valence-electron chi connectivity index (χ0n) is 11.1. The Balaban J connectivity index is 2.17. The molecule has 1 aliphatic rings. The van der Waals surface area contributed by atoms with Gasteiger partial charge in [0.05, 0.1) is 6.61 Å². The van der Waals surface area contributed by atoms with Gasteiger partial charge in [-0.2, -0.15) is 0 Å². The third-order valence-corrected chi connectivity index (χ3v) is 3.45. The highest BCUT2D eigenvalue weighted by molar-refractivity contribution is 4.83. The van der Waals surface area contributed by atoms with Crippen LogP contribution in [0.25, 0.3) is 0 Å². The Morgan fingerprint density at radius 1 is 1.44 bits per heavy atom. The van der Waals surface area contributed by atoms with Crippen LogP contribution in [0.3, 0.4) is 0 Å². The van der Waals surface area contributed by atoms with Crippen molar-refractivity contribution in [1.29, 1.82) is 0 Å². The molecule has 0 aliphatic carbocycles. The molecule has 1 heterocycles. The molecule has 1 fully saturated rings. The van der Waals surface area contributed by atoms with Gasteiger partial charge in [-0.3, -0.25) is 0 Å². The molecular weight excluding hydrogens is 200 g/mol. The zero-order valence-corrected chi connectivity index (χ0v) is 11.1. The standard InChI is InChI=1S/C13H28N2O/c1-4-7-14-12(10-16)5-8-15-9-6-13(2,3)11-15/h12,14,16H,4-11H2,1-3H3. The summed E-state index contributed by atoms with van der Waals surface area (Å²) < 4.78 is 0. The SMILES string of the molecule is CCCNC(CO)CCN1CCC(C)(C)C1. The molecule has 1 aliphatic heterocycles. The monoisotopic (exact) mass is 228 g/mol. The minimum atomic E-state index is 0.261. The number of nitrogens with one attached hydrogen (secondary N) is 1. The van der Waals surface area contributed by atoms with Crippen LogP contribution in [0.1, 0.15) is 40.0 Å². The van der Waals surface area contributed by atoms with E-state index < -0.39 is 0 Å². The van der Waals surface area contributed by atoms with E-state index in [4.69, 9.17) is 0 Å². The van der Waals surface area contributed by atoms with Gasteiger partial charge < -0.3 is 15.3 Å². The first-order chi connectivity index (χ1) is 7.57. The van der Waals surface area contributed by atoms with Crippen molar-refractivity contribution in [2.45, 2.75) is 46.1 Å². The number of aliphatic hydroxyl groups is 1. The summed E-state index contributed by atoms with van der Waals surface area (Å²) in [6.45, 7) is 11.7. The van der Waals surface area contributed by atoms with Crippen molar-refractivity contribution in [3.63, 3.8) is 0 Å². The van der Waals surface area contributed by atoms with Crippen molar-refractivity contribution in [3.05, 3.63) is 0 Å². The predicted molar refractivity (Wildman–Crippen MR) is 68.6 cm³/mol. The van der Waals surface area contributed by atoms with Gasteiger partial charge in [-0.05, 0) is 44.3 Å². The highest BCUT2D eigenvalue weighted by Gasteiger charge is 2.28. The highest BCUT2D eigenvalue weighted by atomic mass is 16.3. The van der Waals surface area contributed by atoms with E-state index in [9.17, 15) is 5.11 Å². The molecule has 0 bridgehead atoms. The van der Waals surface area contributed by atoms with Crippen molar-refractivity contribution in [2.75, 3.05) is 32.8 Å². The average molecular weight is 228 g/mol. The van der Waals surface area contributed by atoms with Crippen molar-refractivity contribution in [3.8, 4) is 0 Å². The van der Waals surface area contributed by atoms with E-state index in [0.29, 0.717) is 5.41 Å². The van der Waals surface area contributed by atoms with Crippen LogP contribution in [0, 0.1) is 5.41 Å². The second-order valence-electron chi connectivity index (χ2n) is 5.81. The summed E-state index contributed by atoms with van der Waals surface area (Å²) in [7, 11) is 0. The Kier molecular flexibility index (Phi) is 5.73. The van der Waals surface area contributed by atoms with Crippen LogP contribution >= 0.6 is 0 Å². The number of rotatable bonds is 7. The smallest absolute Gasteiger partial charge is 0.0585 e. The number of likely N-dealkylation sites (tertiary alicyclic amines) is 1. The average Bonchev–Trinajstić information content (AvgIpc) is 2.59. The van der Waals surface area contributed by atoms with Crippen LogP contribution in [0.5, 0.6) is 0 Å². The van der Waals surface area contributed by atoms with Gasteiger partial charge >= 0.3 is 0 Å². The number of aliphatic hydroxyl groups excluding tert-OH is 1. The van der Waals surface area contributed by atoms with Crippen LogP contribution in [0.2, 0.25) is 0 Å². The predicted octanol–water partition coefficient (Wildman–Crippen LogP) is 1.47. The quantitative estimate of drug-likeness (QED) is 0.692. The molecule has 3 heteroatoms. The summed E-state index contributed by atoms with van der Waals surface area (Å²) in [5.74, 6) is 0. The van der Waals surface area contributed by atoms with Crippen LogP contribution in [0.4, 0.5) is 0 Å². The lowest BCUT2D eigenvalue weighted by molar-refractivity contribution is 0.212. The summed E-state index contributed by atoms with van der Waals surface area (Å²) in [5, 5.41) is 12.6. The topological polar surface area (TPSA) is 35.5 Å². The molecule has 0 amide bonds. The van der Waals surface area contributed by atoms with Gasteiger partial charge in [0.25, 0.3) is 0 Å². The molecule has 0 saturated carbocycles. The number of nitrogens with zero attached hydrogens (tertiary/aromatic N) is 1. The summed E-state index contributed by atoms with van der Waals surface area (Å²) >= 11 is 0. The van der Waals surface area contributed by atoms with Gasteiger partial charge in [0.2, 0.25) is 0 Å². The molecule has 0 spiro atoms. The molecule has 0 radical (unpaired) electrons. The first-order valence-electron chi connectivity index (χ1n) is 6.64. The molecule has 0 aromatic carbocycles. The van der Waals surface area contributed by atoms with Crippen molar-refractivity contribution < 1.29 is 5.11 Å². The van der Waals surface area contributed by atoms with Gasteiger partial charge in [-0.25, -0.2) is 0 Å². The van der Waals surface area contributed by atoms with Crippen molar-refractivity contribution >= 4 is 0 Å². The molecule has 0 aromatic heterocycles. The first kappa shape index (κ1) is 13.9. The molecule has 1 atom stereocenters. The maximum absolute atomic E-state index is 9.25. The van der Waals surface area contributed by atoms with Gasteiger partial charge in [0.15, 0.2) is 0 Å². The summed E-state index contributed by atoms with van der Waals surface area (Å²) in [6, 6.07) is 0.281. The van der Waals surface area contributed by atoms with Crippen molar-refractivity contribution in [2.24, 2.45) is 5.41 Å². The van der Waals surface area contributed by atoms with Crippen LogP contribution < -0.4 is 5.32 Å². The van der Waals surface area contributed by atoms with Gasteiger partial charge in [-0.15, -0.1) is 0 Å². The van der Waals surface area contributed by atoms with Crippen LogP contribution in [-0.2, 0) is 0 Å². The molecular formula is C13H28N2O. The molecule has 1 unspecified atom stereocenters. The Morgan fingerprint density at radius 3 is 2.69 bits per heavy atom. The van der Waals surface area contributed by atoms with E-state index in [-0.39, 0.29) is 12.6 Å².